The average Bonchev–Trinajstić information content (AvgIpc) is 2.17. The maximum atomic E-state index is 8.94. The van der Waals surface area contributed by atoms with Gasteiger partial charge in [0.2, 0.25) is 0 Å². The van der Waals surface area contributed by atoms with Gasteiger partial charge in [0.25, 0.3) is 0 Å². The van der Waals surface area contributed by atoms with Gasteiger partial charge in [0.15, 0.2) is 0 Å². The van der Waals surface area contributed by atoms with Crippen LogP contribution in [0.5, 0.6) is 0 Å². The number of aliphatic hydroxyl groups excluding tert-OH is 1. The topological polar surface area (TPSA) is 20.2 Å². The van der Waals surface area contributed by atoms with Crippen LogP contribution >= 0.6 is 23.4 Å². The minimum Gasteiger partial charge on any atom is -0.395 e. The standard InChI is InChI=1S/C10H13ClOS/c1-8-2-4-9(5-3-8)13-10(6-11)7-12/h2-5,10,12H,6-7H2,1H3/t10-/m1/s1. The van der Waals surface area contributed by atoms with Crippen LogP contribution in [0.4, 0.5) is 0 Å². The van der Waals surface area contributed by atoms with Crippen molar-refractivity contribution in [1.82, 2.24) is 0 Å². The molecule has 1 rings (SSSR count). The van der Waals surface area contributed by atoms with Crippen molar-refractivity contribution in [2.24, 2.45) is 0 Å². The van der Waals surface area contributed by atoms with Crippen molar-refractivity contribution in [3.63, 3.8) is 0 Å². The Balaban J connectivity index is 2.58. The van der Waals surface area contributed by atoms with E-state index in [1.807, 2.05) is 0 Å². The first-order valence-corrected chi connectivity index (χ1v) is 5.58. The van der Waals surface area contributed by atoms with Gasteiger partial charge < -0.3 is 5.11 Å². The highest BCUT2D eigenvalue weighted by Gasteiger charge is 2.06. The molecule has 0 heterocycles. The molecule has 0 fully saturated rings. The summed E-state index contributed by atoms with van der Waals surface area (Å²) in [4.78, 5) is 1.16. The molecule has 1 atom stereocenters. The smallest absolute Gasteiger partial charge is 0.0565 e. The van der Waals surface area contributed by atoms with Gasteiger partial charge in [-0.15, -0.1) is 23.4 Å². The predicted molar refractivity (Wildman–Crippen MR) is 58.6 cm³/mol. The molecule has 0 saturated carbocycles. The van der Waals surface area contributed by atoms with Gasteiger partial charge in [0.1, 0.15) is 0 Å². The Bertz CT molecular complexity index is 244. The average molecular weight is 217 g/mol. The highest BCUT2D eigenvalue weighted by Crippen LogP contribution is 2.23. The minimum absolute atomic E-state index is 0.101. The summed E-state index contributed by atoms with van der Waals surface area (Å²) in [6, 6.07) is 8.22. The minimum atomic E-state index is 0.101. The Morgan fingerprint density at radius 2 is 2.00 bits per heavy atom. The van der Waals surface area contributed by atoms with Crippen LogP contribution in [0, 0.1) is 6.92 Å². The monoisotopic (exact) mass is 216 g/mol. The van der Waals surface area contributed by atoms with Gasteiger partial charge in [0.05, 0.1) is 6.61 Å². The van der Waals surface area contributed by atoms with Crippen molar-refractivity contribution in [3.8, 4) is 0 Å². The molecule has 0 aromatic heterocycles. The zero-order chi connectivity index (χ0) is 9.68. The molecule has 1 aromatic rings. The molecule has 0 radical (unpaired) electrons. The van der Waals surface area contributed by atoms with E-state index in [0.29, 0.717) is 5.88 Å². The highest BCUT2D eigenvalue weighted by molar-refractivity contribution is 8.00. The van der Waals surface area contributed by atoms with Gasteiger partial charge in [0, 0.05) is 16.0 Å². The van der Waals surface area contributed by atoms with Crippen LogP contribution in [0.3, 0.4) is 0 Å². The molecular weight excluding hydrogens is 204 g/mol. The van der Waals surface area contributed by atoms with Crippen LogP contribution in [-0.4, -0.2) is 22.8 Å². The fraction of sp³-hybridized carbons (Fsp3) is 0.400. The predicted octanol–water partition coefficient (Wildman–Crippen LogP) is 2.69. The van der Waals surface area contributed by atoms with Gasteiger partial charge in [-0.1, -0.05) is 17.7 Å². The molecule has 1 N–H and O–H groups in total. The second-order valence-corrected chi connectivity index (χ2v) is 4.57. The maximum Gasteiger partial charge on any atom is 0.0565 e. The van der Waals surface area contributed by atoms with E-state index in [1.165, 1.54) is 5.56 Å². The van der Waals surface area contributed by atoms with Crippen molar-refractivity contribution >= 4 is 23.4 Å². The molecule has 0 aliphatic heterocycles. The van der Waals surface area contributed by atoms with Gasteiger partial charge in [-0.3, -0.25) is 0 Å². The quantitative estimate of drug-likeness (QED) is 0.617. The van der Waals surface area contributed by atoms with Crippen LogP contribution in [0.1, 0.15) is 5.56 Å². The van der Waals surface area contributed by atoms with E-state index in [-0.39, 0.29) is 11.9 Å². The van der Waals surface area contributed by atoms with E-state index in [0.717, 1.165) is 4.90 Å². The normalized spacial score (nSPS) is 12.8. The van der Waals surface area contributed by atoms with Gasteiger partial charge >= 0.3 is 0 Å². The molecule has 0 unspecified atom stereocenters. The number of aliphatic hydroxyl groups is 1. The first-order valence-electron chi connectivity index (χ1n) is 4.16. The summed E-state index contributed by atoms with van der Waals surface area (Å²) >= 11 is 7.28. The fourth-order valence-electron chi connectivity index (χ4n) is 0.927. The summed E-state index contributed by atoms with van der Waals surface area (Å²) in [5, 5.41) is 9.04. The van der Waals surface area contributed by atoms with Crippen molar-refractivity contribution in [2.45, 2.75) is 17.1 Å². The number of aryl methyl sites for hydroxylation is 1. The third kappa shape index (κ3) is 3.59. The van der Waals surface area contributed by atoms with E-state index in [2.05, 4.69) is 31.2 Å². The van der Waals surface area contributed by atoms with E-state index in [4.69, 9.17) is 16.7 Å². The molecule has 0 spiro atoms. The number of benzene rings is 1. The Morgan fingerprint density at radius 3 is 2.46 bits per heavy atom. The van der Waals surface area contributed by atoms with E-state index in [1.54, 1.807) is 11.8 Å². The van der Waals surface area contributed by atoms with E-state index < -0.39 is 0 Å². The Hall–Kier alpha value is -0.180. The molecular formula is C10H13ClOS. The molecule has 0 amide bonds. The number of hydrogen-bond acceptors (Lipinski definition) is 2. The second kappa shape index (κ2) is 5.53. The van der Waals surface area contributed by atoms with Crippen LogP contribution in [0.25, 0.3) is 0 Å². The van der Waals surface area contributed by atoms with Crippen LogP contribution in [0.15, 0.2) is 29.2 Å². The number of halogens is 1. The Kier molecular flexibility index (Phi) is 4.64. The summed E-state index contributed by atoms with van der Waals surface area (Å²) in [5.41, 5.74) is 1.25. The molecule has 0 bridgehead atoms. The van der Waals surface area contributed by atoms with E-state index in [9.17, 15) is 0 Å². The Morgan fingerprint density at radius 1 is 1.38 bits per heavy atom. The lowest BCUT2D eigenvalue weighted by Gasteiger charge is -2.09. The fourth-order valence-corrected chi connectivity index (χ4v) is 2.03. The van der Waals surface area contributed by atoms with E-state index >= 15 is 0 Å². The molecule has 72 valence electrons. The maximum absolute atomic E-state index is 8.94. The molecule has 0 aliphatic carbocycles. The van der Waals surface area contributed by atoms with Gasteiger partial charge in [-0.2, -0.15) is 0 Å². The zero-order valence-electron chi connectivity index (χ0n) is 7.53. The molecule has 0 saturated heterocycles. The lowest BCUT2D eigenvalue weighted by atomic mass is 10.2. The first-order chi connectivity index (χ1) is 6.26. The SMILES string of the molecule is Cc1ccc(S[C@@H](CO)CCl)cc1. The van der Waals surface area contributed by atoms with Crippen LogP contribution in [-0.2, 0) is 0 Å². The number of thioether (sulfide) groups is 1. The lowest BCUT2D eigenvalue weighted by molar-refractivity contribution is 0.301. The number of rotatable bonds is 4. The molecule has 3 heteroatoms. The van der Waals surface area contributed by atoms with Crippen molar-refractivity contribution < 1.29 is 5.11 Å². The number of hydrogen-bond donors (Lipinski definition) is 1. The number of alkyl halides is 1. The van der Waals surface area contributed by atoms with Crippen LogP contribution < -0.4 is 0 Å². The van der Waals surface area contributed by atoms with Crippen molar-refractivity contribution in [1.29, 1.82) is 0 Å². The van der Waals surface area contributed by atoms with Crippen molar-refractivity contribution in [3.05, 3.63) is 29.8 Å². The molecule has 13 heavy (non-hydrogen) atoms. The third-order valence-electron chi connectivity index (χ3n) is 1.70. The zero-order valence-corrected chi connectivity index (χ0v) is 9.11. The third-order valence-corrected chi connectivity index (χ3v) is 3.45. The summed E-state index contributed by atoms with van der Waals surface area (Å²) in [5.74, 6) is 0.481. The summed E-state index contributed by atoms with van der Waals surface area (Å²) in [6.45, 7) is 2.18. The molecule has 0 aliphatic rings. The summed E-state index contributed by atoms with van der Waals surface area (Å²) < 4.78 is 0. The summed E-state index contributed by atoms with van der Waals surface area (Å²) in [6.07, 6.45) is 0. The Labute approximate surface area is 88.1 Å². The summed E-state index contributed by atoms with van der Waals surface area (Å²) in [7, 11) is 0. The van der Waals surface area contributed by atoms with Crippen molar-refractivity contribution in [2.75, 3.05) is 12.5 Å². The van der Waals surface area contributed by atoms with Gasteiger partial charge in [-0.05, 0) is 19.1 Å². The van der Waals surface area contributed by atoms with Crippen LogP contribution in [0.2, 0.25) is 0 Å². The molecule has 1 nitrogen and oxygen atoms in total. The first kappa shape index (κ1) is 10.9. The largest absolute Gasteiger partial charge is 0.395 e. The van der Waals surface area contributed by atoms with Gasteiger partial charge in [-0.25, -0.2) is 0 Å². The second-order valence-electron chi connectivity index (χ2n) is 2.89. The lowest BCUT2D eigenvalue weighted by Crippen LogP contribution is -2.09. The highest BCUT2D eigenvalue weighted by atomic mass is 35.5. The molecule has 1 aromatic carbocycles.